The summed E-state index contributed by atoms with van der Waals surface area (Å²) in [5.41, 5.74) is 0. The van der Waals surface area contributed by atoms with E-state index in [0.717, 1.165) is 109 Å². The summed E-state index contributed by atoms with van der Waals surface area (Å²) in [4.78, 5) is 51.2. The molecule has 1 heterocycles. The van der Waals surface area contributed by atoms with Crippen molar-refractivity contribution in [3.63, 3.8) is 0 Å². The molecule has 0 amide bonds. The molecule has 0 bridgehead atoms. The summed E-state index contributed by atoms with van der Waals surface area (Å²) in [6, 6.07) is 0. The van der Waals surface area contributed by atoms with Gasteiger partial charge >= 0.3 is 23.9 Å². The zero-order valence-corrected chi connectivity index (χ0v) is 49.0. The molecule has 0 spiro atoms. The van der Waals surface area contributed by atoms with Crippen molar-refractivity contribution >= 4 is 23.9 Å². The average Bonchev–Trinajstić information content (AvgIpc) is 3.42. The summed E-state index contributed by atoms with van der Waals surface area (Å²) in [7, 11) is 0. The highest BCUT2D eigenvalue weighted by Crippen LogP contribution is 2.26. The number of unbranched alkanes of at least 4 members (excludes halogenated alkanes) is 29. The molecule has 3 N–H and O–H groups in total. The first-order chi connectivity index (χ1) is 37.6. The van der Waals surface area contributed by atoms with Crippen molar-refractivity contribution in [2.45, 2.75) is 314 Å². The van der Waals surface area contributed by atoms with E-state index in [4.69, 9.17) is 23.7 Å². The largest absolute Gasteiger partial charge is 0.479 e. The fourth-order valence-electron chi connectivity index (χ4n) is 9.30. The number of carboxylic acids is 1. The molecule has 0 saturated carbocycles. The summed E-state index contributed by atoms with van der Waals surface area (Å²) < 4.78 is 28.5. The lowest BCUT2D eigenvalue weighted by Gasteiger charge is -2.40. The first-order valence-corrected chi connectivity index (χ1v) is 31.3. The Morgan fingerprint density at radius 3 is 1.27 bits per heavy atom. The molecule has 1 saturated heterocycles. The van der Waals surface area contributed by atoms with Gasteiger partial charge in [-0.2, -0.15) is 0 Å². The Kier molecular flexibility index (Phi) is 49.2. The second kappa shape index (κ2) is 53.1. The molecule has 1 aliphatic heterocycles. The second-order valence-corrected chi connectivity index (χ2v) is 21.3. The van der Waals surface area contributed by atoms with Gasteiger partial charge in [-0.05, 0) is 83.5 Å². The molecule has 1 aliphatic rings. The van der Waals surface area contributed by atoms with E-state index in [9.17, 15) is 34.5 Å². The number of carbonyl (C=O) groups excluding carboxylic acids is 3. The summed E-state index contributed by atoms with van der Waals surface area (Å²) in [6.07, 6.45) is 53.3. The molecule has 6 unspecified atom stereocenters. The third-order valence-electron chi connectivity index (χ3n) is 14.1. The molecule has 6 atom stereocenters. The Bertz CT molecular complexity index is 1570. The van der Waals surface area contributed by atoms with Crippen LogP contribution in [0.4, 0.5) is 0 Å². The van der Waals surface area contributed by atoms with Gasteiger partial charge < -0.3 is 39.0 Å². The average molecular weight is 1090 g/mol. The van der Waals surface area contributed by atoms with Crippen LogP contribution in [0.3, 0.4) is 0 Å². The highest BCUT2D eigenvalue weighted by atomic mass is 16.7. The maximum Gasteiger partial charge on any atom is 0.335 e. The molecule has 1 fully saturated rings. The molecule has 444 valence electrons. The number of rotatable bonds is 53. The molecular formula is C65H112O12. The van der Waals surface area contributed by atoms with Crippen molar-refractivity contribution in [2.75, 3.05) is 13.2 Å². The summed E-state index contributed by atoms with van der Waals surface area (Å²) >= 11 is 0. The second-order valence-electron chi connectivity index (χ2n) is 21.3. The van der Waals surface area contributed by atoms with E-state index in [1.807, 2.05) is 0 Å². The van der Waals surface area contributed by atoms with Gasteiger partial charge in [-0.25, -0.2) is 4.79 Å². The van der Waals surface area contributed by atoms with Gasteiger partial charge in [0.2, 0.25) is 0 Å². The summed E-state index contributed by atoms with van der Waals surface area (Å²) in [6.45, 7) is 5.87. The van der Waals surface area contributed by atoms with Crippen molar-refractivity contribution in [2.24, 2.45) is 0 Å². The van der Waals surface area contributed by atoms with Gasteiger partial charge in [0.25, 0.3) is 0 Å². The molecule has 0 aromatic heterocycles. The maximum atomic E-state index is 13.2. The first kappa shape index (κ1) is 71.4. The number of allylic oxidation sites excluding steroid dienone is 10. The lowest BCUT2D eigenvalue weighted by atomic mass is 9.98. The van der Waals surface area contributed by atoms with Crippen molar-refractivity contribution in [3.8, 4) is 0 Å². The molecule has 0 aromatic rings. The zero-order chi connectivity index (χ0) is 56.1. The van der Waals surface area contributed by atoms with E-state index in [1.54, 1.807) is 0 Å². The molecule has 0 radical (unpaired) electrons. The SMILES string of the molecule is CC/C=C\C/C=C\C/C=C\C/C=C\CCCCCCC(=O)OC1C(OCC(COC(=O)CCCCCCCCCCCCCCCCCCC)OC(=O)CCCCCCC/C=C\CCCCCC)OC(C(=O)O)C(O)C1O. The lowest BCUT2D eigenvalue weighted by Crippen LogP contribution is -2.61. The fourth-order valence-corrected chi connectivity index (χ4v) is 9.30. The quantitative estimate of drug-likeness (QED) is 0.0228. The van der Waals surface area contributed by atoms with Crippen molar-refractivity contribution in [1.82, 2.24) is 0 Å². The van der Waals surface area contributed by atoms with E-state index in [0.29, 0.717) is 19.3 Å². The highest BCUT2D eigenvalue weighted by Gasteiger charge is 2.50. The molecule has 12 nitrogen and oxygen atoms in total. The zero-order valence-electron chi connectivity index (χ0n) is 49.0. The number of carbonyl (C=O) groups is 4. The van der Waals surface area contributed by atoms with Crippen LogP contribution in [0.2, 0.25) is 0 Å². The minimum absolute atomic E-state index is 0.0320. The van der Waals surface area contributed by atoms with Gasteiger partial charge in [0.05, 0.1) is 6.61 Å². The van der Waals surface area contributed by atoms with Crippen molar-refractivity contribution in [3.05, 3.63) is 60.8 Å². The first-order valence-electron chi connectivity index (χ1n) is 31.3. The number of hydrogen-bond donors (Lipinski definition) is 3. The van der Waals surface area contributed by atoms with Gasteiger partial charge in [0.1, 0.15) is 18.8 Å². The van der Waals surface area contributed by atoms with Crippen LogP contribution < -0.4 is 0 Å². The van der Waals surface area contributed by atoms with Crippen LogP contribution in [-0.4, -0.2) is 89.2 Å². The fraction of sp³-hybridized carbons (Fsp3) is 0.785. The van der Waals surface area contributed by atoms with E-state index >= 15 is 0 Å². The molecule has 77 heavy (non-hydrogen) atoms. The molecule has 0 aliphatic carbocycles. The van der Waals surface area contributed by atoms with Crippen molar-refractivity contribution < 1.29 is 58.2 Å². The third kappa shape index (κ3) is 43.0. The van der Waals surface area contributed by atoms with Crippen LogP contribution in [0.1, 0.15) is 278 Å². The van der Waals surface area contributed by atoms with Gasteiger partial charge in [0.15, 0.2) is 24.6 Å². The Balaban J connectivity index is 2.67. The molecule has 1 rings (SSSR count). The van der Waals surface area contributed by atoms with E-state index < -0.39 is 67.3 Å². The van der Waals surface area contributed by atoms with E-state index in [2.05, 4.69) is 81.5 Å². The number of carboxylic acid groups (broad SMARTS) is 1. The minimum Gasteiger partial charge on any atom is -0.479 e. The van der Waals surface area contributed by atoms with E-state index in [-0.39, 0.29) is 25.9 Å². The standard InChI is InChI=1S/C65H112O12/c1-4-7-10-13-16-19-22-25-27-29-31-34-36-39-42-45-48-51-57(66)73-54-56(75-58(67)52-49-46-43-40-37-33-24-21-18-15-12-9-6-3)55-74-65-63(61(70)60(69)62(77-65)64(71)72)76-59(68)53-50-47-44-41-38-35-32-30-28-26-23-20-17-14-11-8-5-2/h8,11,17,20-21,24,26,28,32,35,56,60-63,65,69-70H,4-7,9-10,12-16,18-19,22-23,25,27,29-31,33-34,36-55H2,1-3H3,(H,71,72)/b11-8-,20-17-,24-21-,28-26-,35-32-. The number of hydrogen-bond acceptors (Lipinski definition) is 11. The number of ether oxygens (including phenoxy) is 5. The van der Waals surface area contributed by atoms with Crippen LogP contribution in [0, 0.1) is 0 Å². The van der Waals surface area contributed by atoms with Crippen molar-refractivity contribution in [1.29, 1.82) is 0 Å². The number of esters is 3. The Morgan fingerprint density at radius 2 is 0.818 bits per heavy atom. The smallest absolute Gasteiger partial charge is 0.335 e. The van der Waals surface area contributed by atoms with Gasteiger partial charge in [-0.3, -0.25) is 14.4 Å². The predicted molar refractivity (Wildman–Crippen MR) is 312 cm³/mol. The third-order valence-corrected chi connectivity index (χ3v) is 14.1. The predicted octanol–water partition coefficient (Wildman–Crippen LogP) is 16.3. The topological polar surface area (TPSA) is 175 Å². The number of aliphatic hydroxyl groups excluding tert-OH is 2. The maximum absolute atomic E-state index is 13.2. The van der Waals surface area contributed by atoms with Gasteiger partial charge in [0, 0.05) is 19.3 Å². The van der Waals surface area contributed by atoms with Crippen LogP contribution in [0.25, 0.3) is 0 Å². The lowest BCUT2D eigenvalue weighted by molar-refractivity contribution is -0.301. The van der Waals surface area contributed by atoms with Crippen LogP contribution in [0.15, 0.2) is 60.8 Å². The minimum atomic E-state index is -1.91. The number of aliphatic hydroxyl groups is 2. The Labute approximate surface area is 468 Å². The molecule has 0 aromatic carbocycles. The summed E-state index contributed by atoms with van der Waals surface area (Å²) in [5, 5.41) is 31.5. The van der Waals surface area contributed by atoms with Gasteiger partial charge in [-0.15, -0.1) is 0 Å². The van der Waals surface area contributed by atoms with Crippen LogP contribution in [0.5, 0.6) is 0 Å². The van der Waals surface area contributed by atoms with Crippen LogP contribution >= 0.6 is 0 Å². The molecule has 12 heteroatoms. The summed E-state index contributed by atoms with van der Waals surface area (Å²) in [5.74, 6) is -3.14. The van der Waals surface area contributed by atoms with Crippen LogP contribution in [-0.2, 0) is 42.9 Å². The number of aliphatic carboxylic acids is 1. The normalized spacial score (nSPS) is 18.4. The van der Waals surface area contributed by atoms with E-state index in [1.165, 1.54) is 109 Å². The van der Waals surface area contributed by atoms with Gasteiger partial charge in [-0.1, -0.05) is 236 Å². The molecular weight excluding hydrogens is 973 g/mol. The Morgan fingerprint density at radius 1 is 0.442 bits per heavy atom. The monoisotopic (exact) mass is 1080 g/mol. The Hall–Kier alpha value is -3.58. The highest BCUT2D eigenvalue weighted by molar-refractivity contribution is 5.74.